The summed E-state index contributed by atoms with van der Waals surface area (Å²) in [5.74, 6) is -0.180. The van der Waals surface area contributed by atoms with E-state index in [0.29, 0.717) is 18.1 Å². The topological polar surface area (TPSA) is 23.6 Å². The zero-order valence-corrected chi connectivity index (χ0v) is 18.9. The van der Waals surface area contributed by atoms with E-state index in [4.69, 9.17) is 11.6 Å². The van der Waals surface area contributed by atoms with Crippen LogP contribution in [0, 0.1) is 5.82 Å². The van der Waals surface area contributed by atoms with E-state index in [2.05, 4.69) is 24.1 Å². The van der Waals surface area contributed by atoms with Gasteiger partial charge in [0.25, 0.3) is 5.91 Å². The molecule has 5 heteroatoms. The van der Waals surface area contributed by atoms with Gasteiger partial charge in [0, 0.05) is 29.1 Å². The lowest BCUT2D eigenvalue weighted by Crippen LogP contribution is -2.44. The summed E-state index contributed by atoms with van der Waals surface area (Å²) in [6.07, 6.45) is 3.78. The monoisotopic (exact) mass is 448 g/mol. The summed E-state index contributed by atoms with van der Waals surface area (Å²) in [6.45, 7) is 2.90. The Morgan fingerprint density at radius 1 is 1.03 bits per heavy atom. The predicted molar refractivity (Wildman–Crippen MR) is 127 cm³/mol. The molecule has 3 nitrogen and oxygen atoms in total. The van der Waals surface area contributed by atoms with Crippen molar-refractivity contribution in [3.8, 4) is 0 Å². The van der Waals surface area contributed by atoms with Gasteiger partial charge >= 0.3 is 0 Å². The van der Waals surface area contributed by atoms with Crippen LogP contribution in [-0.2, 0) is 16.8 Å². The van der Waals surface area contributed by atoms with Gasteiger partial charge in [-0.15, -0.1) is 0 Å². The Labute approximate surface area is 193 Å². The summed E-state index contributed by atoms with van der Waals surface area (Å²) < 4.78 is 13.7. The molecule has 0 N–H and O–H groups in total. The second-order valence-corrected chi connectivity index (χ2v) is 9.42. The van der Waals surface area contributed by atoms with Crippen molar-refractivity contribution in [3.05, 3.63) is 94.3 Å². The predicted octanol–water partition coefficient (Wildman–Crippen LogP) is 5.56. The minimum atomic E-state index is -0.373. The van der Waals surface area contributed by atoms with E-state index < -0.39 is 0 Å². The molecule has 2 aliphatic heterocycles. The molecule has 164 valence electrons. The van der Waals surface area contributed by atoms with Crippen LogP contribution in [0.3, 0.4) is 0 Å². The second kappa shape index (κ2) is 8.34. The fraction of sp³-hybridized carbons (Fsp3) is 0.296. The van der Waals surface area contributed by atoms with Crippen LogP contribution in [0.2, 0.25) is 5.02 Å². The quantitative estimate of drug-likeness (QED) is 0.521. The molecule has 3 aromatic carbocycles. The fourth-order valence-corrected chi connectivity index (χ4v) is 5.50. The normalized spacial score (nSPS) is 18.9. The Bertz CT molecular complexity index is 1200. The maximum Gasteiger partial charge on any atom is 0.251 e. The van der Waals surface area contributed by atoms with Crippen LogP contribution in [0.4, 0.5) is 4.39 Å². The van der Waals surface area contributed by atoms with Gasteiger partial charge < -0.3 is 9.80 Å². The molecule has 0 radical (unpaired) electrons. The largest absolute Gasteiger partial charge is 0.331 e. The molecule has 2 heterocycles. The van der Waals surface area contributed by atoms with Crippen LogP contribution in [-0.4, -0.2) is 42.4 Å². The Hall–Kier alpha value is -2.69. The van der Waals surface area contributed by atoms with Crippen molar-refractivity contribution >= 4 is 28.3 Å². The van der Waals surface area contributed by atoms with E-state index in [1.54, 1.807) is 0 Å². The van der Waals surface area contributed by atoms with E-state index in [1.165, 1.54) is 12.1 Å². The van der Waals surface area contributed by atoms with Crippen molar-refractivity contribution in [2.75, 3.05) is 26.7 Å². The summed E-state index contributed by atoms with van der Waals surface area (Å²) >= 11 is 6.37. The molecule has 0 unspecified atom stereocenters. The Balaban J connectivity index is 1.47. The van der Waals surface area contributed by atoms with Crippen molar-refractivity contribution in [2.24, 2.45) is 0 Å². The third-order valence-corrected chi connectivity index (χ3v) is 7.28. The average molecular weight is 449 g/mol. The lowest BCUT2D eigenvalue weighted by Gasteiger charge is -2.42. The molecule has 3 aromatic rings. The lowest BCUT2D eigenvalue weighted by molar-refractivity contribution is -0.126. The number of fused-ring (bicyclic) bond motifs is 1. The SMILES string of the molecule is CN1CCC(C2=CCN(Cc3cc(Cl)cc4ccccc34)C2=O)(c2ccc(F)cc2)CC1. The van der Waals surface area contributed by atoms with Gasteiger partial charge in [0.2, 0.25) is 0 Å². The number of hydrogen-bond donors (Lipinski definition) is 0. The number of piperidine rings is 1. The highest BCUT2D eigenvalue weighted by Crippen LogP contribution is 2.44. The van der Waals surface area contributed by atoms with Crippen molar-refractivity contribution in [1.82, 2.24) is 9.80 Å². The molecular formula is C27H26ClFN2O. The van der Waals surface area contributed by atoms with Gasteiger partial charge in [0.05, 0.1) is 0 Å². The van der Waals surface area contributed by atoms with Gasteiger partial charge in [-0.3, -0.25) is 4.79 Å². The minimum Gasteiger partial charge on any atom is -0.331 e. The zero-order chi connectivity index (χ0) is 22.3. The molecule has 0 aromatic heterocycles. The van der Waals surface area contributed by atoms with Gasteiger partial charge in [0.15, 0.2) is 0 Å². The number of carbonyl (C=O) groups is 1. The average Bonchev–Trinajstić information content (AvgIpc) is 3.15. The molecule has 0 aliphatic carbocycles. The highest BCUT2D eigenvalue weighted by Gasteiger charge is 2.44. The maximum atomic E-state index is 13.7. The summed E-state index contributed by atoms with van der Waals surface area (Å²) in [6, 6.07) is 18.8. The van der Waals surface area contributed by atoms with E-state index in [0.717, 1.165) is 53.4 Å². The van der Waals surface area contributed by atoms with Crippen LogP contribution in [0.15, 0.2) is 72.3 Å². The number of hydrogen-bond acceptors (Lipinski definition) is 2. The van der Waals surface area contributed by atoms with Gasteiger partial charge in [-0.05, 0) is 79.1 Å². The molecule has 0 saturated carbocycles. The maximum absolute atomic E-state index is 13.7. The van der Waals surface area contributed by atoms with Crippen LogP contribution >= 0.6 is 11.6 Å². The Kier molecular flexibility index (Phi) is 5.52. The molecular weight excluding hydrogens is 423 g/mol. The molecule has 0 spiro atoms. The van der Waals surface area contributed by atoms with Gasteiger partial charge in [-0.2, -0.15) is 0 Å². The van der Waals surface area contributed by atoms with Crippen LogP contribution in [0.25, 0.3) is 10.8 Å². The number of amides is 1. The van der Waals surface area contributed by atoms with Crippen molar-refractivity contribution in [2.45, 2.75) is 24.8 Å². The van der Waals surface area contributed by atoms with Crippen LogP contribution in [0.5, 0.6) is 0 Å². The van der Waals surface area contributed by atoms with Crippen molar-refractivity contribution in [3.63, 3.8) is 0 Å². The first-order chi connectivity index (χ1) is 15.5. The molecule has 32 heavy (non-hydrogen) atoms. The number of benzene rings is 3. The van der Waals surface area contributed by atoms with Crippen molar-refractivity contribution < 1.29 is 9.18 Å². The number of likely N-dealkylation sites (tertiary alicyclic amines) is 1. The van der Waals surface area contributed by atoms with Crippen LogP contribution in [0.1, 0.15) is 24.0 Å². The third kappa shape index (κ3) is 3.72. The molecule has 0 atom stereocenters. The molecule has 1 fully saturated rings. The van der Waals surface area contributed by atoms with E-state index in [9.17, 15) is 9.18 Å². The number of nitrogens with zero attached hydrogens (tertiary/aromatic N) is 2. The molecule has 5 rings (SSSR count). The molecule has 1 saturated heterocycles. The lowest BCUT2D eigenvalue weighted by atomic mass is 9.67. The van der Waals surface area contributed by atoms with Gasteiger partial charge in [0.1, 0.15) is 5.82 Å². The first-order valence-corrected chi connectivity index (χ1v) is 11.5. The highest BCUT2D eigenvalue weighted by molar-refractivity contribution is 6.31. The van der Waals surface area contributed by atoms with E-state index in [1.807, 2.05) is 47.4 Å². The summed E-state index contributed by atoms with van der Waals surface area (Å²) in [5, 5.41) is 2.87. The molecule has 2 aliphatic rings. The molecule has 1 amide bonds. The van der Waals surface area contributed by atoms with Crippen molar-refractivity contribution in [1.29, 1.82) is 0 Å². The number of rotatable bonds is 4. The zero-order valence-electron chi connectivity index (χ0n) is 18.2. The van der Waals surface area contributed by atoms with E-state index in [-0.39, 0.29) is 17.1 Å². The number of carbonyl (C=O) groups excluding carboxylic acids is 1. The first kappa shape index (κ1) is 21.2. The minimum absolute atomic E-state index is 0.0722. The Morgan fingerprint density at radius 3 is 2.50 bits per heavy atom. The third-order valence-electron chi connectivity index (χ3n) is 7.06. The first-order valence-electron chi connectivity index (χ1n) is 11.1. The Morgan fingerprint density at radius 2 is 1.75 bits per heavy atom. The molecule has 0 bridgehead atoms. The van der Waals surface area contributed by atoms with E-state index >= 15 is 0 Å². The highest BCUT2D eigenvalue weighted by atomic mass is 35.5. The second-order valence-electron chi connectivity index (χ2n) is 8.98. The summed E-state index contributed by atoms with van der Waals surface area (Å²) in [5.41, 5.74) is 2.56. The smallest absolute Gasteiger partial charge is 0.251 e. The number of halogens is 2. The van der Waals surface area contributed by atoms with Crippen LogP contribution < -0.4 is 0 Å². The van der Waals surface area contributed by atoms with Gasteiger partial charge in [-0.25, -0.2) is 4.39 Å². The van der Waals surface area contributed by atoms with Gasteiger partial charge in [-0.1, -0.05) is 54.1 Å². The standard InChI is InChI=1S/C27H26ClFN2O/c1-30-14-11-27(12-15-30,21-6-8-23(29)9-7-21)25-10-13-31(26(25)32)18-20-17-22(28)16-19-4-2-3-5-24(19)20/h2-10,16-17H,11-15,18H2,1H3. The summed E-state index contributed by atoms with van der Waals surface area (Å²) in [7, 11) is 2.11. The summed E-state index contributed by atoms with van der Waals surface area (Å²) in [4.78, 5) is 17.9. The fourth-order valence-electron chi connectivity index (χ4n) is 5.25.